The molecule has 2 amide bonds. The van der Waals surface area contributed by atoms with Crippen molar-refractivity contribution in [2.45, 2.75) is 6.42 Å². The monoisotopic (exact) mass is 294 g/mol. The molecule has 1 aromatic rings. The van der Waals surface area contributed by atoms with Gasteiger partial charge in [0, 0.05) is 20.2 Å². The number of amides is 2. The molecule has 0 spiro atoms. The fourth-order valence-electron chi connectivity index (χ4n) is 1.86. The van der Waals surface area contributed by atoms with Crippen LogP contribution in [0.5, 0.6) is 0 Å². The van der Waals surface area contributed by atoms with Crippen molar-refractivity contribution < 1.29 is 19.4 Å². The van der Waals surface area contributed by atoms with Gasteiger partial charge in [-0.1, -0.05) is 30.3 Å². The summed E-state index contributed by atoms with van der Waals surface area (Å²) in [4.78, 5) is 25.3. The van der Waals surface area contributed by atoms with Gasteiger partial charge in [-0.15, -0.1) is 0 Å². The van der Waals surface area contributed by atoms with Gasteiger partial charge in [0.05, 0.1) is 26.2 Å². The highest BCUT2D eigenvalue weighted by atomic mass is 16.5. The molecule has 2 N–H and O–H groups in total. The number of rotatable bonds is 9. The van der Waals surface area contributed by atoms with E-state index in [2.05, 4.69) is 5.32 Å². The van der Waals surface area contributed by atoms with E-state index in [0.717, 1.165) is 5.56 Å². The zero-order valence-corrected chi connectivity index (χ0v) is 12.2. The van der Waals surface area contributed by atoms with Crippen molar-refractivity contribution in [3.63, 3.8) is 0 Å². The summed E-state index contributed by atoms with van der Waals surface area (Å²) in [6.07, 6.45) is 0.171. The first-order chi connectivity index (χ1) is 10.2. The Kier molecular flexibility index (Phi) is 8.27. The predicted molar refractivity (Wildman–Crippen MR) is 78.7 cm³/mol. The van der Waals surface area contributed by atoms with Gasteiger partial charge in [0.25, 0.3) is 0 Å². The number of hydrogen-bond acceptors (Lipinski definition) is 5. The Morgan fingerprint density at radius 2 is 1.90 bits per heavy atom. The molecule has 0 saturated heterocycles. The lowest BCUT2D eigenvalue weighted by Crippen LogP contribution is -2.42. The van der Waals surface area contributed by atoms with Crippen LogP contribution in [0.3, 0.4) is 0 Å². The molecular weight excluding hydrogens is 272 g/mol. The highest BCUT2D eigenvalue weighted by Gasteiger charge is 2.13. The van der Waals surface area contributed by atoms with Gasteiger partial charge in [0.15, 0.2) is 0 Å². The van der Waals surface area contributed by atoms with Crippen molar-refractivity contribution in [2.75, 3.05) is 40.0 Å². The average molecular weight is 294 g/mol. The number of hydrogen-bond donors (Lipinski definition) is 2. The molecule has 0 aromatic heterocycles. The minimum absolute atomic E-state index is 0.0467. The van der Waals surface area contributed by atoms with E-state index in [1.807, 2.05) is 30.3 Å². The third-order valence-electron chi connectivity index (χ3n) is 2.88. The number of benzene rings is 1. The summed E-state index contributed by atoms with van der Waals surface area (Å²) in [7, 11) is 1.57. The Hall–Kier alpha value is -1.76. The number of carbonyl (C=O) groups excluding carboxylic acids is 2. The molecule has 0 bridgehead atoms. The van der Waals surface area contributed by atoms with Gasteiger partial charge in [-0.3, -0.25) is 19.8 Å². The second kappa shape index (κ2) is 10.0. The minimum Gasteiger partial charge on any atom is -0.395 e. The number of methoxy groups -OCH3 is 1. The Labute approximate surface area is 124 Å². The maximum atomic E-state index is 11.8. The maximum absolute atomic E-state index is 11.8. The third kappa shape index (κ3) is 7.55. The smallest absolute Gasteiger partial charge is 0.240 e. The van der Waals surface area contributed by atoms with Gasteiger partial charge in [-0.25, -0.2) is 0 Å². The van der Waals surface area contributed by atoms with E-state index >= 15 is 0 Å². The van der Waals surface area contributed by atoms with Crippen LogP contribution >= 0.6 is 0 Å². The summed E-state index contributed by atoms with van der Waals surface area (Å²) < 4.78 is 4.94. The van der Waals surface area contributed by atoms with Gasteiger partial charge in [-0.2, -0.15) is 0 Å². The standard InChI is InChI=1S/C15H22N2O4/c1-21-10-8-17(7-9-18)12-15(20)16-14(19)11-13-5-3-2-4-6-13/h2-6,18H,7-12H2,1H3,(H,16,19,20). The molecule has 0 heterocycles. The van der Waals surface area contributed by atoms with Gasteiger partial charge in [0.1, 0.15) is 0 Å². The summed E-state index contributed by atoms with van der Waals surface area (Å²) in [6.45, 7) is 1.37. The molecule has 0 atom stereocenters. The molecule has 0 saturated carbocycles. The normalized spacial score (nSPS) is 10.6. The Morgan fingerprint density at radius 3 is 2.52 bits per heavy atom. The van der Waals surface area contributed by atoms with Crippen LogP contribution in [0, 0.1) is 0 Å². The molecule has 0 unspecified atom stereocenters. The lowest BCUT2D eigenvalue weighted by atomic mass is 10.1. The van der Waals surface area contributed by atoms with Crippen LogP contribution in [0.15, 0.2) is 30.3 Å². The molecule has 6 nitrogen and oxygen atoms in total. The fourth-order valence-corrected chi connectivity index (χ4v) is 1.86. The van der Waals surface area contributed by atoms with Gasteiger partial charge in [0.2, 0.25) is 11.8 Å². The van der Waals surface area contributed by atoms with Crippen LogP contribution in [0.2, 0.25) is 0 Å². The average Bonchev–Trinajstić information content (AvgIpc) is 2.45. The largest absolute Gasteiger partial charge is 0.395 e. The Bertz CT molecular complexity index is 437. The number of nitrogens with zero attached hydrogens (tertiary/aromatic N) is 1. The Balaban J connectivity index is 2.38. The van der Waals surface area contributed by atoms with Crippen LogP contribution in [-0.2, 0) is 20.7 Å². The van der Waals surface area contributed by atoms with Crippen molar-refractivity contribution >= 4 is 11.8 Å². The van der Waals surface area contributed by atoms with Crippen LogP contribution < -0.4 is 5.32 Å². The molecule has 0 fully saturated rings. The SMILES string of the molecule is COCCN(CCO)CC(=O)NC(=O)Cc1ccccc1. The molecule has 1 aromatic carbocycles. The lowest BCUT2D eigenvalue weighted by molar-refractivity contribution is -0.130. The van der Waals surface area contributed by atoms with Crippen LogP contribution in [0.4, 0.5) is 0 Å². The first-order valence-corrected chi connectivity index (χ1v) is 6.84. The quantitative estimate of drug-likeness (QED) is 0.660. The topological polar surface area (TPSA) is 78.9 Å². The zero-order valence-electron chi connectivity index (χ0n) is 12.2. The first-order valence-electron chi connectivity index (χ1n) is 6.84. The maximum Gasteiger partial charge on any atom is 0.240 e. The highest BCUT2D eigenvalue weighted by molar-refractivity contribution is 5.96. The van der Waals surface area contributed by atoms with Crippen molar-refractivity contribution in [3.05, 3.63) is 35.9 Å². The minimum atomic E-state index is -0.375. The second-order valence-electron chi connectivity index (χ2n) is 4.63. The molecule has 0 aliphatic carbocycles. The van der Waals surface area contributed by atoms with Crippen molar-refractivity contribution in [1.82, 2.24) is 10.2 Å². The number of ether oxygens (including phenoxy) is 1. The van der Waals surface area contributed by atoms with E-state index in [4.69, 9.17) is 9.84 Å². The van der Waals surface area contributed by atoms with E-state index < -0.39 is 0 Å². The molecule has 21 heavy (non-hydrogen) atoms. The summed E-state index contributed by atoms with van der Waals surface area (Å²) >= 11 is 0. The van der Waals surface area contributed by atoms with Gasteiger partial charge in [-0.05, 0) is 5.56 Å². The van der Waals surface area contributed by atoms with E-state index in [1.165, 1.54) is 0 Å². The molecule has 0 aliphatic rings. The number of nitrogens with one attached hydrogen (secondary N) is 1. The van der Waals surface area contributed by atoms with Gasteiger partial charge >= 0.3 is 0 Å². The fraction of sp³-hybridized carbons (Fsp3) is 0.467. The molecule has 1 rings (SSSR count). The second-order valence-corrected chi connectivity index (χ2v) is 4.63. The number of aliphatic hydroxyl groups is 1. The first kappa shape index (κ1) is 17.3. The summed E-state index contributed by atoms with van der Waals surface area (Å²) in [5.41, 5.74) is 0.856. The Morgan fingerprint density at radius 1 is 1.19 bits per heavy atom. The number of aliphatic hydroxyl groups excluding tert-OH is 1. The zero-order chi connectivity index (χ0) is 15.5. The lowest BCUT2D eigenvalue weighted by Gasteiger charge is -2.19. The van der Waals surface area contributed by atoms with Crippen LogP contribution in [0.1, 0.15) is 5.56 Å². The van der Waals surface area contributed by atoms with E-state index in [9.17, 15) is 9.59 Å². The van der Waals surface area contributed by atoms with Crippen molar-refractivity contribution in [2.24, 2.45) is 0 Å². The summed E-state index contributed by atoms with van der Waals surface area (Å²) in [5, 5.41) is 11.3. The van der Waals surface area contributed by atoms with Gasteiger partial charge < -0.3 is 9.84 Å². The van der Waals surface area contributed by atoms with Crippen LogP contribution in [-0.4, -0.2) is 61.8 Å². The molecule has 0 radical (unpaired) electrons. The third-order valence-corrected chi connectivity index (χ3v) is 2.88. The van der Waals surface area contributed by atoms with Crippen LogP contribution in [0.25, 0.3) is 0 Å². The highest BCUT2D eigenvalue weighted by Crippen LogP contribution is 1.99. The van der Waals surface area contributed by atoms with Crippen molar-refractivity contribution in [3.8, 4) is 0 Å². The molecule has 0 aliphatic heterocycles. The van der Waals surface area contributed by atoms with Crippen molar-refractivity contribution in [1.29, 1.82) is 0 Å². The predicted octanol–water partition coefficient (Wildman–Crippen LogP) is -0.187. The number of carbonyl (C=O) groups is 2. The molecule has 6 heteroatoms. The molecule has 116 valence electrons. The summed E-state index contributed by atoms with van der Waals surface area (Å²) in [5.74, 6) is -0.706. The number of imide groups is 1. The molecular formula is C15H22N2O4. The van der Waals surface area contributed by atoms with E-state index in [1.54, 1.807) is 12.0 Å². The van der Waals surface area contributed by atoms with E-state index in [0.29, 0.717) is 19.7 Å². The summed E-state index contributed by atoms with van der Waals surface area (Å²) in [6, 6.07) is 9.23. The van der Waals surface area contributed by atoms with E-state index in [-0.39, 0.29) is 31.4 Å².